The molecule has 7 heteroatoms. The third-order valence-electron chi connectivity index (χ3n) is 5.42. The average molecular weight is 505 g/mol. The summed E-state index contributed by atoms with van der Waals surface area (Å²) in [7, 11) is 0. The lowest BCUT2D eigenvalue weighted by molar-refractivity contribution is -0.111. The zero-order chi connectivity index (χ0) is 25.3. The number of ether oxygens (including phenoxy) is 1. The summed E-state index contributed by atoms with van der Waals surface area (Å²) in [4.78, 5) is 21.1. The van der Waals surface area contributed by atoms with Crippen LogP contribution >= 0.6 is 11.3 Å². The van der Waals surface area contributed by atoms with Crippen LogP contribution in [0.5, 0.6) is 5.75 Å². The van der Waals surface area contributed by atoms with Gasteiger partial charge in [-0.3, -0.25) is 9.78 Å². The molecule has 0 fully saturated rings. The number of amides is 1. The minimum atomic E-state index is -0.210. The van der Waals surface area contributed by atoms with Crippen molar-refractivity contribution in [2.45, 2.75) is 6.61 Å². The summed E-state index contributed by atoms with van der Waals surface area (Å²) in [6, 6.07) is 29.0. The molecule has 0 saturated carbocycles. The van der Waals surface area contributed by atoms with Gasteiger partial charge in [-0.25, -0.2) is 4.98 Å². The van der Waals surface area contributed by atoms with Gasteiger partial charge in [0.25, 0.3) is 0 Å². The number of aromatic nitrogens is 2. The van der Waals surface area contributed by atoms with Crippen LogP contribution in [0, 0.1) is 0 Å². The quantitative estimate of drug-likeness (QED) is 0.208. The smallest absolute Gasteiger partial charge is 0.248 e. The molecule has 37 heavy (non-hydrogen) atoms. The Morgan fingerprint density at radius 3 is 2.49 bits per heavy atom. The molecule has 0 unspecified atom stereocenters. The predicted octanol–water partition coefficient (Wildman–Crippen LogP) is 7.18. The summed E-state index contributed by atoms with van der Waals surface area (Å²) in [5.74, 6) is 0.542. The normalized spacial score (nSPS) is 10.8. The van der Waals surface area contributed by atoms with E-state index in [0.717, 1.165) is 39.0 Å². The molecule has 2 heterocycles. The second kappa shape index (κ2) is 11.8. The number of anilines is 3. The Balaban J connectivity index is 1.13. The maximum Gasteiger partial charge on any atom is 0.248 e. The average Bonchev–Trinajstić information content (AvgIpc) is 3.42. The van der Waals surface area contributed by atoms with Crippen molar-refractivity contribution >= 4 is 39.8 Å². The third kappa shape index (κ3) is 6.90. The van der Waals surface area contributed by atoms with Crippen molar-refractivity contribution in [1.29, 1.82) is 0 Å². The molecule has 6 nitrogen and oxygen atoms in total. The number of hydrogen-bond donors (Lipinski definition) is 2. The number of carbonyl (C=O) groups excluding carboxylic acids is 1. The molecule has 0 radical (unpaired) electrons. The lowest BCUT2D eigenvalue weighted by Gasteiger charge is -2.07. The zero-order valence-corrected chi connectivity index (χ0v) is 20.7. The molecular weight excluding hydrogens is 480 g/mol. The Morgan fingerprint density at radius 1 is 0.892 bits per heavy atom. The Hall–Kier alpha value is -4.75. The van der Waals surface area contributed by atoms with Gasteiger partial charge in [-0.1, -0.05) is 42.5 Å². The molecular formula is C30H24N4O2S. The molecule has 0 bridgehead atoms. The van der Waals surface area contributed by atoms with Crippen LogP contribution in [0.25, 0.3) is 17.3 Å². The number of pyridine rings is 1. The van der Waals surface area contributed by atoms with Crippen LogP contribution in [0.1, 0.15) is 11.1 Å². The van der Waals surface area contributed by atoms with E-state index in [1.54, 1.807) is 18.5 Å². The number of nitrogens with zero attached hydrogens (tertiary/aromatic N) is 2. The van der Waals surface area contributed by atoms with Crippen LogP contribution in [-0.4, -0.2) is 15.9 Å². The number of carbonyl (C=O) groups is 1. The molecule has 0 aliphatic heterocycles. The monoisotopic (exact) mass is 504 g/mol. The molecule has 0 spiro atoms. The maximum absolute atomic E-state index is 12.4. The van der Waals surface area contributed by atoms with Crippen LogP contribution in [0.4, 0.5) is 16.5 Å². The van der Waals surface area contributed by atoms with E-state index in [1.807, 2.05) is 96.4 Å². The largest absolute Gasteiger partial charge is 0.489 e. The fraction of sp³-hybridized carbons (Fsp3) is 0.0333. The standard InChI is InChI=1S/C30H24N4O2S/c35-29(14-9-22-7-4-8-27(19-22)36-20-23-5-2-1-3-6-23)32-25-10-12-26(13-11-25)33-30-34-28(21-37-30)24-15-17-31-18-16-24/h1-19,21H,20H2,(H,32,35)(H,33,34)/b14-9+. The van der Waals surface area contributed by atoms with Gasteiger partial charge in [-0.15, -0.1) is 11.3 Å². The Morgan fingerprint density at radius 2 is 1.68 bits per heavy atom. The lowest BCUT2D eigenvalue weighted by Crippen LogP contribution is -2.07. The summed E-state index contributed by atoms with van der Waals surface area (Å²) in [6.45, 7) is 0.494. The van der Waals surface area contributed by atoms with Crippen molar-refractivity contribution in [1.82, 2.24) is 9.97 Å². The van der Waals surface area contributed by atoms with Crippen LogP contribution < -0.4 is 15.4 Å². The van der Waals surface area contributed by atoms with Crippen LogP contribution in [0.2, 0.25) is 0 Å². The van der Waals surface area contributed by atoms with Crippen molar-refractivity contribution in [2.24, 2.45) is 0 Å². The van der Waals surface area contributed by atoms with E-state index in [4.69, 9.17) is 4.74 Å². The van der Waals surface area contributed by atoms with E-state index in [-0.39, 0.29) is 5.91 Å². The van der Waals surface area contributed by atoms with Crippen molar-refractivity contribution in [3.8, 4) is 17.0 Å². The summed E-state index contributed by atoms with van der Waals surface area (Å²) in [5.41, 5.74) is 5.50. The van der Waals surface area contributed by atoms with E-state index >= 15 is 0 Å². The van der Waals surface area contributed by atoms with E-state index in [2.05, 4.69) is 20.6 Å². The van der Waals surface area contributed by atoms with Gasteiger partial charge in [-0.2, -0.15) is 0 Å². The first-order valence-corrected chi connectivity index (χ1v) is 12.6. The highest BCUT2D eigenvalue weighted by atomic mass is 32.1. The highest BCUT2D eigenvalue weighted by Gasteiger charge is 2.05. The number of hydrogen-bond acceptors (Lipinski definition) is 6. The lowest BCUT2D eigenvalue weighted by atomic mass is 10.2. The number of benzene rings is 3. The summed E-state index contributed by atoms with van der Waals surface area (Å²) in [6.07, 6.45) is 6.79. The van der Waals surface area contributed by atoms with Crippen molar-refractivity contribution in [3.05, 3.63) is 126 Å². The molecule has 5 rings (SSSR count). The highest BCUT2D eigenvalue weighted by molar-refractivity contribution is 7.14. The molecule has 0 atom stereocenters. The molecule has 5 aromatic rings. The Labute approximate surface area is 219 Å². The number of rotatable bonds is 9. The molecule has 1 amide bonds. The van der Waals surface area contributed by atoms with Gasteiger partial charge in [0.05, 0.1) is 5.69 Å². The first-order valence-electron chi connectivity index (χ1n) is 11.7. The first kappa shape index (κ1) is 24.0. The fourth-order valence-electron chi connectivity index (χ4n) is 3.55. The van der Waals surface area contributed by atoms with Crippen molar-refractivity contribution < 1.29 is 9.53 Å². The molecule has 3 aromatic carbocycles. The minimum absolute atomic E-state index is 0.210. The molecule has 0 aliphatic carbocycles. The van der Waals surface area contributed by atoms with Gasteiger partial charge in [-0.05, 0) is 65.7 Å². The van der Waals surface area contributed by atoms with Crippen LogP contribution in [0.3, 0.4) is 0 Å². The highest BCUT2D eigenvalue weighted by Crippen LogP contribution is 2.27. The van der Waals surface area contributed by atoms with Gasteiger partial charge in [0.1, 0.15) is 12.4 Å². The van der Waals surface area contributed by atoms with E-state index in [0.29, 0.717) is 12.3 Å². The Kier molecular flexibility index (Phi) is 7.64. The van der Waals surface area contributed by atoms with Crippen LogP contribution in [-0.2, 0) is 11.4 Å². The third-order valence-corrected chi connectivity index (χ3v) is 6.18. The van der Waals surface area contributed by atoms with E-state index in [1.165, 1.54) is 17.4 Å². The van der Waals surface area contributed by atoms with E-state index < -0.39 is 0 Å². The van der Waals surface area contributed by atoms with Crippen molar-refractivity contribution in [3.63, 3.8) is 0 Å². The fourth-order valence-corrected chi connectivity index (χ4v) is 4.29. The van der Waals surface area contributed by atoms with Crippen LogP contribution in [0.15, 0.2) is 115 Å². The minimum Gasteiger partial charge on any atom is -0.489 e. The number of nitrogens with one attached hydrogen (secondary N) is 2. The first-order chi connectivity index (χ1) is 18.2. The van der Waals surface area contributed by atoms with E-state index in [9.17, 15) is 4.79 Å². The molecule has 2 aromatic heterocycles. The SMILES string of the molecule is O=C(/C=C/c1cccc(OCc2ccccc2)c1)Nc1ccc(Nc2nc(-c3ccncc3)cs2)cc1. The molecule has 182 valence electrons. The maximum atomic E-state index is 12.4. The molecule has 0 aliphatic rings. The Bertz CT molecular complexity index is 1480. The second-order valence-corrected chi connectivity index (χ2v) is 9.00. The van der Waals surface area contributed by atoms with Gasteiger partial charge in [0.15, 0.2) is 5.13 Å². The van der Waals surface area contributed by atoms with Crippen molar-refractivity contribution in [2.75, 3.05) is 10.6 Å². The predicted molar refractivity (Wildman–Crippen MR) is 150 cm³/mol. The van der Waals surface area contributed by atoms with Gasteiger partial charge in [0, 0.05) is 40.8 Å². The van der Waals surface area contributed by atoms with Gasteiger partial charge in [0.2, 0.25) is 5.91 Å². The molecule has 2 N–H and O–H groups in total. The number of thiazole rings is 1. The second-order valence-electron chi connectivity index (χ2n) is 8.15. The topological polar surface area (TPSA) is 76.1 Å². The van der Waals surface area contributed by atoms with Gasteiger partial charge >= 0.3 is 0 Å². The molecule has 0 saturated heterocycles. The zero-order valence-electron chi connectivity index (χ0n) is 19.9. The summed E-state index contributed by atoms with van der Waals surface area (Å²) < 4.78 is 5.87. The summed E-state index contributed by atoms with van der Waals surface area (Å²) >= 11 is 1.53. The van der Waals surface area contributed by atoms with Gasteiger partial charge < -0.3 is 15.4 Å². The summed E-state index contributed by atoms with van der Waals surface area (Å²) in [5, 5.41) is 8.98.